The van der Waals surface area contributed by atoms with Crippen LogP contribution in [0.2, 0.25) is 0 Å². The van der Waals surface area contributed by atoms with Crippen molar-refractivity contribution in [2.24, 2.45) is 0 Å². The highest BCUT2D eigenvalue weighted by molar-refractivity contribution is 7.98. The number of esters is 1. The van der Waals surface area contributed by atoms with Crippen LogP contribution in [0.15, 0.2) is 468 Å². The summed E-state index contributed by atoms with van der Waals surface area (Å²) in [4.78, 5) is 28.9. The Morgan fingerprint density at radius 1 is 0.245 bits per heavy atom. The number of carbonyl (C=O) groups is 1. The van der Waals surface area contributed by atoms with Gasteiger partial charge in [-0.3, -0.25) is 4.79 Å². The van der Waals surface area contributed by atoms with Crippen LogP contribution in [0.1, 0.15) is 18.1 Å². The summed E-state index contributed by atoms with van der Waals surface area (Å²) in [6, 6.07) is 128. The molecule has 0 heterocycles. The summed E-state index contributed by atoms with van der Waals surface area (Å²) >= 11 is 0. The Morgan fingerprint density at radius 2 is 0.418 bits per heavy atom. The molecule has 0 aliphatic carbocycles. The number of hydrogen-bond acceptors (Lipinski definition) is 10. The van der Waals surface area contributed by atoms with Gasteiger partial charge in [-0.05, 0) is 292 Å². The quantitative estimate of drug-likeness (QED) is 0.0249. The third kappa shape index (κ3) is 22.6. The number of aryl methyl sites for hydroxylation is 1. The number of ether oxygens (including phenoxy) is 2. The topological polar surface area (TPSA) is 177 Å². The Bertz CT molecular complexity index is 4940. The number of methoxy groups -OCH3 is 1. The van der Waals surface area contributed by atoms with Crippen molar-refractivity contribution in [3.05, 3.63) is 405 Å². The highest BCUT2D eigenvalue weighted by Crippen LogP contribution is 2.38. The molecule has 7 N–H and O–H groups in total. The van der Waals surface area contributed by atoms with Gasteiger partial charge in [0.25, 0.3) is 0 Å². The van der Waals surface area contributed by atoms with Crippen molar-refractivity contribution < 1.29 is 50.0 Å². The molecule has 0 aromatic heterocycles. The lowest BCUT2D eigenvalue weighted by Gasteiger charge is -2.09. The van der Waals surface area contributed by atoms with Crippen LogP contribution < -0.4 is 9.47 Å². The molecule has 0 amide bonds. The minimum atomic E-state index is -0.373. The second-order valence-corrected chi connectivity index (χ2v) is 34.5. The predicted octanol–water partition coefficient (Wildman–Crippen LogP) is 21.9. The number of aromatic hydroxyl groups is 6. The van der Waals surface area contributed by atoms with E-state index < -0.39 is 0 Å². The van der Waals surface area contributed by atoms with Crippen LogP contribution >= 0.6 is 0 Å². The average Bonchev–Trinajstić information content (AvgIpc) is 0.824. The van der Waals surface area contributed by atoms with Gasteiger partial charge in [-0.15, -0.1) is 0 Å². The summed E-state index contributed by atoms with van der Waals surface area (Å²) in [5, 5.41) is 66.2. The molecular formula is C95H83O10S5+5. The van der Waals surface area contributed by atoms with Gasteiger partial charge in [0.2, 0.25) is 0 Å². The zero-order valence-electron chi connectivity index (χ0n) is 60.6. The Labute approximate surface area is 657 Å². The van der Waals surface area contributed by atoms with E-state index in [2.05, 4.69) is 165 Å². The van der Waals surface area contributed by atoms with Gasteiger partial charge in [0, 0.05) is 6.92 Å². The first-order valence-corrected chi connectivity index (χ1v) is 41.2. The number of phenolic OH excluding ortho intramolecular Hbond substituents is 6. The summed E-state index contributed by atoms with van der Waals surface area (Å²) in [5.41, 5.74) is 2.19. The second-order valence-electron chi connectivity index (χ2n) is 24.4. The molecule has 15 heteroatoms. The van der Waals surface area contributed by atoms with Crippen LogP contribution in [-0.4, -0.2) is 48.8 Å². The van der Waals surface area contributed by atoms with Crippen molar-refractivity contribution in [3.8, 4) is 46.0 Å². The van der Waals surface area contributed by atoms with E-state index in [9.17, 15) is 40.5 Å². The summed E-state index contributed by atoms with van der Waals surface area (Å²) in [6.45, 7) is 3.58. The maximum Gasteiger partial charge on any atom is 0.308 e. The van der Waals surface area contributed by atoms with Crippen LogP contribution in [0.3, 0.4) is 0 Å². The van der Waals surface area contributed by atoms with E-state index in [1.54, 1.807) is 79.9 Å². The van der Waals surface area contributed by atoms with Crippen molar-refractivity contribution >= 4 is 60.4 Å². The largest absolute Gasteiger partial charge is 0.508 e. The zero-order chi connectivity index (χ0) is 77.0. The van der Waals surface area contributed by atoms with E-state index in [0.29, 0.717) is 11.5 Å². The first-order chi connectivity index (χ1) is 53.7. The van der Waals surface area contributed by atoms with Gasteiger partial charge < -0.3 is 45.2 Å². The van der Waals surface area contributed by atoms with Crippen LogP contribution in [0.5, 0.6) is 46.0 Å². The van der Waals surface area contributed by atoms with Crippen LogP contribution in [-0.2, 0) is 65.9 Å². The maximum absolute atomic E-state index is 11.1. The molecule has 0 spiro atoms. The number of aliphatic hydroxyl groups excluding tert-OH is 1. The first kappa shape index (κ1) is 79.1. The number of aliphatic hydroxyl groups is 1. The van der Waals surface area contributed by atoms with Gasteiger partial charge in [0.1, 0.15) is 46.0 Å². The molecule has 0 radical (unpaired) electrons. The predicted molar refractivity (Wildman–Crippen MR) is 446 cm³/mol. The zero-order valence-corrected chi connectivity index (χ0v) is 64.7. The van der Waals surface area contributed by atoms with E-state index in [4.69, 9.17) is 9.47 Å². The number of benzene rings is 15. The fourth-order valence-corrected chi connectivity index (χ4v) is 21.6. The standard InChI is InChI=1S/C21H21O2S.C20H17O2S.C18H14O3S.C18H14O2S.C18H14OS/c1-16-3-9-19(10-4-16)24(20-11-5-17(15-22)6-12-20)21-13-7-18(23-2)8-14-21;1-16(21)22-17-12-14-20(15-13-17)23(18-8-4-2-5-9-18)19-10-6-3-7-11-19;19-13-1-7-16(8-2-13)22(17-9-3-14(20)4-10-17)18-11-5-15(21)6-12-18;19-14-6-10-17(11-7-14)21(16-4-2-1-3-5-16)18-12-8-15(20)9-13-18;19-15-11-13-18(14-12-15)20(16-7-3-1-4-8-16)17-9-5-2-6-10-17/h3-14,22H,15H2,1-2H3;2-15H,1H3;1-12H,(H2-,19,20,21);1-13H,(H-,19,20);1-14H/q2*+1;;;/p+3. The summed E-state index contributed by atoms with van der Waals surface area (Å²) in [6.07, 6.45) is 0. The van der Waals surface area contributed by atoms with E-state index in [-0.39, 0.29) is 95.8 Å². The molecule has 0 aliphatic rings. The number of hydrogen-bond donors (Lipinski definition) is 7. The summed E-state index contributed by atoms with van der Waals surface area (Å²) < 4.78 is 10.4. The smallest absolute Gasteiger partial charge is 0.308 e. The van der Waals surface area contributed by atoms with Crippen molar-refractivity contribution in [2.45, 2.75) is 93.9 Å². The lowest BCUT2D eigenvalue weighted by atomic mass is 10.2. The Balaban J connectivity index is 0.000000137. The molecule has 15 aromatic carbocycles. The molecule has 0 fully saturated rings. The van der Waals surface area contributed by atoms with Crippen molar-refractivity contribution in [1.29, 1.82) is 0 Å². The fraction of sp³-hybridized carbons (Fsp3) is 0.0421. The summed E-state index contributed by atoms with van der Waals surface area (Å²) in [5.74, 6) is 2.65. The molecule has 1 atom stereocenters. The molecule has 0 saturated heterocycles. The summed E-state index contributed by atoms with van der Waals surface area (Å²) in [7, 11) is 0.566. The SMILES string of the molecule is CC(=O)Oc1ccc([S+](c2ccccc2)c2ccccc2)cc1.COc1ccc([S+](c2ccc(C)cc2)c2ccc(CO)cc2)cc1.Oc1ccc([S+](c2ccc(O)cc2)c2ccc(O)cc2)cc1.Oc1ccc([S+](c2ccccc2)c2ccc(O)cc2)cc1.Oc1ccc([S+](c2ccccc2)c2ccccc2)cc1. The monoisotopic (exact) mass is 1540 g/mol. The van der Waals surface area contributed by atoms with Crippen LogP contribution in [0.4, 0.5) is 0 Å². The minimum absolute atomic E-state index is 0.0706. The number of carbonyl (C=O) groups excluding carboxylic acids is 1. The molecule has 1 unspecified atom stereocenters. The molecular weight excluding hydrogens is 1460 g/mol. The van der Waals surface area contributed by atoms with Crippen LogP contribution in [0.25, 0.3) is 0 Å². The van der Waals surface area contributed by atoms with Gasteiger partial charge in [-0.25, -0.2) is 0 Å². The lowest BCUT2D eigenvalue weighted by molar-refractivity contribution is -0.131. The molecule has 15 rings (SSSR count). The molecule has 0 bridgehead atoms. The minimum Gasteiger partial charge on any atom is -0.508 e. The van der Waals surface area contributed by atoms with Gasteiger partial charge in [-0.2, -0.15) is 0 Å². The van der Waals surface area contributed by atoms with Crippen molar-refractivity contribution in [3.63, 3.8) is 0 Å². The molecule has 10 nitrogen and oxygen atoms in total. The molecule has 0 saturated carbocycles. The number of rotatable bonds is 18. The van der Waals surface area contributed by atoms with Crippen molar-refractivity contribution in [2.75, 3.05) is 7.11 Å². The van der Waals surface area contributed by atoms with E-state index in [0.717, 1.165) is 35.8 Å². The normalized spacial score (nSPS) is 10.9. The Hall–Kier alpha value is -11.9. The first-order valence-electron chi connectivity index (χ1n) is 35.1. The maximum atomic E-state index is 11.1. The van der Waals surface area contributed by atoms with Gasteiger partial charge >= 0.3 is 5.97 Å². The molecule has 548 valence electrons. The van der Waals surface area contributed by atoms with E-state index in [1.807, 2.05) is 164 Å². The fourth-order valence-electron chi connectivity index (χ4n) is 11.2. The van der Waals surface area contributed by atoms with Gasteiger partial charge in [-0.1, -0.05) is 121 Å². The van der Waals surface area contributed by atoms with E-state index in [1.165, 1.54) is 61.4 Å². The Morgan fingerprint density at radius 3 is 0.609 bits per heavy atom. The molecule has 0 aliphatic heterocycles. The van der Waals surface area contributed by atoms with E-state index >= 15 is 0 Å². The highest BCUT2D eigenvalue weighted by atomic mass is 32.2. The lowest BCUT2D eigenvalue weighted by Crippen LogP contribution is -2.05. The van der Waals surface area contributed by atoms with Gasteiger partial charge in [0.05, 0.1) is 68.2 Å². The Kier molecular flexibility index (Phi) is 29.0. The average molecular weight is 1550 g/mol. The highest BCUT2D eigenvalue weighted by Gasteiger charge is 2.33. The van der Waals surface area contributed by atoms with Gasteiger partial charge in [0.15, 0.2) is 73.4 Å². The number of phenols is 6. The molecule has 110 heavy (non-hydrogen) atoms. The third-order valence-corrected chi connectivity index (χ3v) is 27.7. The van der Waals surface area contributed by atoms with Crippen molar-refractivity contribution in [1.82, 2.24) is 0 Å². The third-order valence-electron chi connectivity index (χ3n) is 16.5. The second kappa shape index (κ2) is 40.3. The van der Waals surface area contributed by atoms with Crippen LogP contribution in [0, 0.1) is 6.92 Å². The molecule has 15 aromatic rings.